The highest BCUT2D eigenvalue weighted by atomic mass is 19.1. The maximum atomic E-state index is 14.9. The van der Waals surface area contributed by atoms with Gasteiger partial charge in [0.15, 0.2) is 0 Å². The Morgan fingerprint density at radius 1 is 0.738 bits per heavy atom. The van der Waals surface area contributed by atoms with Gasteiger partial charge in [0.2, 0.25) is 0 Å². The number of hydrogen-bond acceptors (Lipinski definition) is 7. The average Bonchev–Trinajstić information content (AvgIpc) is 3.00. The van der Waals surface area contributed by atoms with Crippen LogP contribution in [0.3, 0.4) is 0 Å². The van der Waals surface area contributed by atoms with Gasteiger partial charge in [0.25, 0.3) is 0 Å². The zero-order chi connectivity index (χ0) is 30.5. The standard InChI is InChI=1S/C34H37FO7/c1-4-5-14-40-30-10-11-31(32(35)20-30)28-8-6-27(7-9-28)29-18-25(12-15-41-33(38)23(2)21-36)17-26(19-29)13-16-42-34(39)24(3)22-37/h6-11,17-20,36-37H,2-5,12-16,21-22H2,1H3. The molecule has 0 spiro atoms. The molecule has 0 bridgehead atoms. The summed E-state index contributed by atoms with van der Waals surface area (Å²) in [5.74, 6) is -1.18. The Labute approximate surface area is 245 Å². The highest BCUT2D eigenvalue weighted by Crippen LogP contribution is 2.30. The summed E-state index contributed by atoms with van der Waals surface area (Å²) in [4.78, 5) is 23.7. The number of carbonyl (C=O) groups excluding carboxylic acids is 2. The van der Waals surface area contributed by atoms with Gasteiger partial charge in [0.1, 0.15) is 11.6 Å². The Hall–Kier alpha value is -4.27. The van der Waals surface area contributed by atoms with Gasteiger partial charge in [-0.3, -0.25) is 0 Å². The molecule has 3 rings (SSSR count). The summed E-state index contributed by atoms with van der Waals surface area (Å²) in [6, 6.07) is 18.3. The fourth-order valence-corrected chi connectivity index (χ4v) is 4.07. The van der Waals surface area contributed by atoms with E-state index < -0.39 is 25.2 Å². The Morgan fingerprint density at radius 2 is 1.29 bits per heavy atom. The van der Waals surface area contributed by atoms with Crippen LogP contribution in [0.15, 0.2) is 85.0 Å². The van der Waals surface area contributed by atoms with Crippen molar-refractivity contribution in [3.63, 3.8) is 0 Å². The topological polar surface area (TPSA) is 102 Å². The molecule has 0 aliphatic heterocycles. The third-order valence-electron chi connectivity index (χ3n) is 6.50. The van der Waals surface area contributed by atoms with E-state index in [9.17, 15) is 14.0 Å². The lowest BCUT2D eigenvalue weighted by molar-refractivity contribution is -0.140. The van der Waals surface area contributed by atoms with Crippen LogP contribution in [0.4, 0.5) is 4.39 Å². The highest BCUT2D eigenvalue weighted by molar-refractivity contribution is 5.88. The van der Waals surface area contributed by atoms with E-state index in [-0.39, 0.29) is 30.2 Å². The minimum Gasteiger partial charge on any atom is -0.493 e. The molecular weight excluding hydrogens is 539 g/mol. The van der Waals surface area contributed by atoms with Crippen molar-refractivity contribution in [1.82, 2.24) is 0 Å². The number of aliphatic hydroxyl groups is 2. The molecule has 8 heteroatoms. The van der Waals surface area contributed by atoms with E-state index in [1.54, 1.807) is 12.1 Å². The predicted molar refractivity (Wildman–Crippen MR) is 159 cm³/mol. The Kier molecular flexibility index (Phi) is 12.5. The summed E-state index contributed by atoms with van der Waals surface area (Å²) in [5.41, 5.74) is 4.67. The molecule has 0 aliphatic carbocycles. The van der Waals surface area contributed by atoms with Gasteiger partial charge in [-0.15, -0.1) is 0 Å². The van der Waals surface area contributed by atoms with Crippen LogP contribution >= 0.6 is 0 Å². The van der Waals surface area contributed by atoms with Crippen LogP contribution in [-0.4, -0.2) is 55.2 Å². The molecule has 0 radical (unpaired) electrons. The van der Waals surface area contributed by atoms with E-state index in [0.29, 0.717) is 30.8 Å². The van der Waals surface area contributed by atoms with Gasteiger partial charge in [-0.2, -0.15) is 0 Å². The molecule has 0 unspecified atom stereocenters. The molecule has 0 fully saturated rings. The molecule has 0 aromatic heterocycles. The van der Waals surface area contributed by atoms with E-state index in [1.165, 1.54) is 6.07 Å². The van der Waals surface area contributed by atoms with Crippen molar-refractivity contribution in [2.45, 2.75) is 32.6 Å². The number of benzene rings is 3. The summed E-state index contributed by atoms with van der Waals surface area (Å²) in [6.07, 6.45) is 2.72. The zero-order valence-corrected chi connectivity index (χ0v) is 23.9. The molecule has 0 amide bonds. The van der Waals surface area contributed by atoms with Crippen LogP contribution in [0.5, 0.6) is 5.75 Å². The number of unbranched alkanes of at least 4 members (excludes halogenated alkanes) is 1. The first-order valence-corrected chi connectivity index (χ1v) is 13.8. The third kappa shape index (κ3) is 9.39. The van der Waals surface area contributed by atoms with Crippen molar-refractivity contribution in [3.05, 3.63) is 102 Å². The number of ether oxygens (including phenoxy) is 3. The number of esters is 2. The second-order valence-electron chi connectivity index (χ2n) is 9.75. The minimum absolute atomic E-state index is 0.0223. The molecule has 222 valence electrons. The molecule has 3 aromatic carbocycles. The monoisotopic (exact) mass is 576 g/mol. The largest absolute Gasteiger partial charge is 0.493 e. The van der Waals surface area contributed by atoms with Crippen molar-refractivity contribution in [1.29, 1.82) is 0 Å². The number of hydrogen-bond donors (Lipinski definition) is 2. The summed E-state index contributed by atoms with van der Waals surface area (Å²) < 4.78 is 30.9. The predicted octanol–water partition coefficient (Wildman–Crippen LogP) is 5.61. The van der Waals surface area contributed by atoms with E-state index in [4.69, 9.17) is 24.4 Å². The summed E-state index contributed by atoms with van der Waals surface area (Å²) in [7, 11) is 0. The van der Waals surface area contributed by atoms with Gasteiger partial charge in [0.05, 0.1) is 44.2 Å². The normalized spacial score (nSPS) is 10.7. The maximum Gasteiger partial charge on any atom is 0.335 e. The van der Waals surface area contributed by atoms with Crippen molar-refractivity contribution in [2.75, 3.05) is 33.0 Å². The fraction of sp³-hybridized carbons (Fsp3) is 0.294. The van der Waals surface area contributed by atoms with Crippen molar-refractivity contribution in [2.24, 2.45) is 0 Å². The molecule has 0 atom stereocenters. The molecule has 3 aromatic rings. The van der Waals surface area contributed by atoms with Crippen molar-refractivity contribution in [3.8, 4) is 28.0 Å². The SMILES string of the molecule is C=C(CO)C(=O)OCCc1cc(CCOC(=O)C(=C)CO)cc(-c2ccc(-c3ccc(OCCCC)cc3F)cc2)c1. The number of aliphatic hydroxyl groups excluding tert-OH is 2. The quantitative estimate of drug-likeness (QED) is 0.130. The highest BCUT2D eigenvalue weighted by Gasteiger charge is 2.12. The molecule has 7 nitrogen and oxygen atoms in total. The van der Waals surface area contributed by atoms with Gasteiger partial charge >= 0.3 is 11.9 Å². The zero-order valence-electron chi connectivity index (χ0n) is 23.9. The van der Waals surface area contributed by atoms with Gasteiger partial charge in [-0.25, -0.2) is 14.0 Å². The molecule has 0 heterocycles. The second-order valence-corrected chi connectivity index (χ2v) is 9.75. The Morgan fingerprint density at radius 3 is 1.79 bits per heavy atom. The molecule has 0 saturated heterocycles. The smallest absolute Gasteiger partial charge is 0.335 e. The van der Waals surface area contributed by atoms with Crippen LogP contribution < -0.4 is 4.74 Å². The van der Waals surface area contributed by atoms with E-state index in [2.05, 4.69) is 20.1 Å². The number of rotatable bonds is 16. The van der Waals surface area contributed by atoms with Crippen molar-refractivity contribution >= 4 is 11.9 Å². The lowest BCUT2D eigenvalue weighted by Crippen LogP contribution is -2.13. The van der Waals surface area contributed by atoms with E-state index >= 15 is 0 Å². The first kappa shape index (κ1) is 32.2. The summed E-state index contributed by atoms with van der Waals surface area (Å²) in [6.45, 7) is 8.77. The third-order valence-corrected chi connectivity index (χ3v) is 6.50. The van der Waals surface area contributed by atoms with Crippen LogP contribution in [0, 0.1) is 5.82 Å². The van der Waals surface area contributed by atoms with Gasteiger partial charge in [0, 0.05) is 24.5 Å². The fourth-order valence-electron chi connectivity index (χ4n) is 4.07. The second kappa shape index (κ2) is 16.2. The summed E-state index contributed by atoms with van der Waals surface area (Å²) in [5, 5.41) is 18.1. The number of carbonyl (C=O) groups is 2. The average molecular weight is 577 g/mol. The maximum absolute atomic E-state index is 14.9. The molecule has 0 saturated carbocycles. The van der Waals surface area contributed by atoms with Gasteiger partial charge < -0.3 is 24.4 Å². The van der Waals surface area contributed by atoms with Crippen LogP contribution in [0.1, 0.15) is 30.9 Å². The first-order chi connectivity index (χ1) is 20.2. The van der Waals surface area contributed by atoms with Gasteiger partial charge in [-0.1, -0.05) is 69.0 Å². The lowest BCUT2D eigenvalue weighted by atomic mass is 9.95. The van der Waals surface area contributed by atoms with E-state index in [1.807, 2.05) is 42.5 Å². The molecular formula is C34H37FO7. The van der Waals surface area contributed by atoms with Crippen LogP contribution in [0.2, 0.25) is 0 Å². The first-order valence-electron chi connectivity index (χ1n) is 13.8. The molecule has 42 heavy (non-hydrogen) atoms. The molecule has 2 N–H and O–H groups in total. The summed E-state index contributed by atoms with van der Waals surface area (Å²) >= 11 is 0. The van der Waals surface area contributed by atoms with Gasteiger partial charge in [-0.05, 0) is 46.4 Å². The number of halogens is 1. The lowest BCUT2D eigenvalue weighted by Gasteiger charge is -2.13. The Balaban J connectivity index is 1.79. The van der Waals surface area contributed by atoms with Crippen molar-refractivity contribution < 1.29 is 38.4 Å². The molecule has 0 aliphatic rings. The van der Waals surface area contributed by atoms with Crippen LogP contribution in [0.25, 0.3) is 22.3 Å². The van der Waals surface area contributed by atoms with Crippen LogP contribution in [-0.2, 0) is 31.9 Å². The van der Waals surface area contributed by atoms with E-state index in [0.717, 1.165) is 40.7 Å². The Bertz CT molecular complexity index is 1340. The minimum atomic E-state index is -0.659.